The van der Waals surface area contributed by atoms with Crippen LogP contribution < -0.4 is 0 Å². The van der Waals surface area contributed by atoms with E-state index < -0.39 is 38.4 Å². The average Bonchev–Trinajstić information content (AvgIpc) is 1.70. The first-order valence-corrected chi connectivity index (χ1v) is 5.36. The van der Waals surface area contributed by atoms with Crippen LogP contribution in [0.5, 0.6) is 0 Å². The fourth-order valence-electron chi connectivity index (χ4n) is 0.907. The van der Waals surface area contributed by atoms with Gasteiger partial charge in [0.05, 0.1) is 12.8 Å². The molecule has 96 valence electrons. The van der Waals surface area contributed by atoms with Gasteiger partial charge in [-0.1, -0.05) is 0 Å². The second-order valence-corrected chi connectivity index (χ2v) is 4.40. The predicted molar refractivity (Wildman–Crippen MR) is 41.5 cm³/mol. The Labute approximate surface area is 85.9 Å². The van der Waals surface area contributed by atoms with Crippen LogP contribution in [-0.2, 0) is 4.57 Å². The van der Waals surface area contributed by atoms with Crippen LogP contribution in [0.4, 0.5) is 26.3 Å². The molecule has 0 saturated heterocycles. The SMILES string of the molecule is O=P(O)(O)C=C(CC(F)(F)F)CC(F)(F)F. The van der Waals surface area contributed by atoms with E-state index in [4.69, 9.17) is 9.79 Å². The molecular weight excluding hydrogens is 265 g/mol. The fraction of sp³-hybridized carbons (Fsp3) is 0.667. The largest absolute Gasteiger partial charge is 0.392 e. The van der Waals surface area contributed by atoms with Crippen molar-refractivity contribution in [2.75, 3.05) is 0 Å². The zero-order chi connectivity index (χ0) is 13.2. The van der Waals surface area contributed by atoms with Gasteiger partial charge in [-0.25, -0.2) is 0 Å². The Hall–Kier alpha value is -0.530. The van der Waals surface area contributed by atoms with Crippen LogP contribution in [0.1, 0.15) is 12.8 Å². The summed E-state index contributed by atoms with van der Waals surface area (Å²) in [5.74, 6) is -0.298. The lowest BCUT2D eigenvalue weighted by atomic mass is 10.1. The predicted octanol–water partition coefficient (Wildman–Crippen LogP) is 2.95. The third kappa shape index (κ3) is 10.0. The molecule has 16 heavy (non-hydrogen) atoms. The molecule has 0 spiro atoms. The second kappa shape index (κ2) is 4.77. The van der Waals surface area contributed by atoms with Crippen LogP contribution in [0.3, 0.4) is 0 Å². The van der Waals surface area contributed by atoms with Crippen molar-refractivity contribution in [2.45, 2.75) is 25.2 Å². The first-order chi connectivity index (χ1) is 6.79. The zero-order valence-electron chi connectivity index (χ0n) is 7.51. The van der Waals surface area contributed by atoms with E-state index >= 15 is 0 Å². The summed E-state index contributed by atoms with van der Waals surface area (Å²) in [6, 6.07) is 0. The average molecular weight is 272 g/mol. The molecule has 0 rings (SSSR count). The van der Waals surface area contributed by atoms with Crippen molar-refractivity contribution in [1.82, 2.24) is 0 Å². The highest BCUT2D eigenvalue weighted by atomic mass is 31.2. The van der Waals surface area contributed by atoms with Crippen molar-refractivity contribution in [3.8, 4) is 0 Å². The lowest BCUT2D eigenvalue weighted by molar-refractivity contribution is -0.142. The summed E-state index contributed by atoms with van der Waals surface area (Å²) in [5.41, 5.74) is -1.40. The van der Waals surface area contributed by atoms with E-state index in [1.165, 1.54) is 0 Å². The van der Waals surface area contributed by atoms with Crippen molar-refractivity contribution >= 4 is 7.60 Å². The topological polar surface area (TPSA) is 57.5 Å². The van der Waals surface area contributed by atoms with E-state index in [0.29, 0.717) is 0 Å². The maximum absolute atomic E-state index is 11.8. The minimum Gasteiger partial charge on any atom is -0.321 e. The number of alkyl halides is 6. The van der Waals surface area contributed by atoms with E-state index in [9.17, 15) is 30.9 Å². The summed E-state index contributed by atoms with van der Waals surface area (Å²) in [4.78, 5) is 16.6. The summed E-state index contributed by atoms with van der Waals surface area (Å²) in [7, 11) is -5.06. The van der Waals surface area contributed by atoms with Crippen molar-refractivity contribution in [2.24, 2.45) is 0 Å². The smallest absolute Gasteiger partial charge is 0.321 e. The van der Waals surface area contributed by atoms with E-state index in [1.54, 1.807) is 0 Å². The molecule has 0 aromatic rings. The molecular formula is C6H7F6O3P. The van der Waals surface area contributed by atoms with Gasteiger partial charge < -0.3 is 9.79 Å². The molecule has 0 amide bonds. The highest BCUT2D eigenvalue weighted by Crippen LogP contribution is 2.42. The molecule has 0 aromatic heterocycles. The Morgan fingerprint density at radius 1 is 1.00 bits per heavy atom. The van der Waals surface area contributed by atoms with E-state index in [0.717, 1.165) is 0 Å². The normalized spacial score (nSPS) is 13.8. The second-order valence-electron chi connectivity index (χ2n) is 2.96. The van der Waals surface area contributed by atoms with Gasteiger partial charge in [0.15, 0.2) is 0 Å². The Kier molecular flexibility index (Phi) is 4.61. The minimum atomic E-state index is -5.06. The lowest BCUT2D eigenvalue weighted by Crippen LogP contribution is -2.14. The van der Waals surface area contributed by atoms with Gasteiger partial charge in [-0.3, -0.25) is 4.57 Å². The zero-order valence-corrected chi connectivity index (χ0v) is 8.40. The summed E-state index contributed by atoms with van der Waals surface area (Å²) < 4.78 is 81.1. The first kappa shape index (κ1) is 15.5. The number of rotatable bonds is 3. The van der Waals surface area contributed by atoms with Crippen molar-refractivity contribution in [3.63, 3.8) is 0 Å². The molecule has 0 fully saturated rings. The number of hydrogen-bond acceptors (Lipinski definition) is 1. The first-order valence-electron chi connectivity index (χ1n) is 3.68. The van der Waals surface area contributed by atoms with Crippen LogP contribution >= 0.6 is 7.60 Å². The molecule has 0 saturated carbocycles. The molecule has 3 nitrogen and oxygen atoms in total. The van der Waals surface area contributed by atoms with Gasteiger partial charge in [0, 0.05) is 5.82 Å². The summed E-state index contributed by atoms with van der Waals surface area (Å²) >= 11 is 0. The van der Waals surface area contributed by atoms with E-state index in [2.05, 4.69) is 0 Å². The number of allylic oxidation sites excluding steroid dienone is 1. The third-order valence-electron chi connectivity index (χ3n) is 1.21. The Bertz CT molecular complexity index is 293. The van der Waals surface area contributed by atoms with Crippen LogP contribution in [0.25, 0.3) is 0 Å². The molecule has 0 heterocycles. The van der Waals surface area contributed by atoms with Gasteiger partial charge in [-0.05, 0) is 5.57 Å². The quantitative estimate of drug-likeness (QED) is 0.613. The van der Waals surface area contributed by atoms with Gasteiger partial charge in [0.25, 0.3) is 0 Å². The molecule has 10 heteroatoms. The van der Waals surface area contributed by atoms with Crippen LogP contribution in [0, 0.1) is 0 Å². The highest BCUT2D eigenvalue weighted by molar-refractivity contribution is 7.55. The molecule has 0 aromatic carbocycles. The molecule has 0 atom stereocenters. The van der Waals surface area contributed by atoms with Crippen molar-refractivity contribution in [3.05, 3.63) is 11.4 Å². The molecule has 0 aliphatic carbocycles. The summed E-state index contributed by atoms with van der Waals surface area (Å²) in [6.07, 6.45) is -13.9. The third-order valence-corrected chi connectivity index (χ3v) is 1.91. The van der Waals surface area contributed by atoms with Gasteiger partial charge in [-0.2, -0.15) is 26.3 Å². The highest BCUT2D eigenvalue weighted by Gasteiger charge is 2.36. The Morgan fingerprint density at radius 3 is 1.50 bits per heavy atom. The Balaban J connectivity index is 4.94. The fourth-order valence-corrected chi connectivity index (χ4v) is 1.56. The molecule has 2 N–H and O–H groups in total. The number of hydrogen-bond donors (Lipinski definition) is 2. The van der Waals surface area contributed by atoms with Crippen LogP contribution in [-0.4, -0.2) is 22.1 Å². The number of halogens is 6. The molecule has 0 aliphatic heterocycles. The van der Waals surface area contributed by atoms with Gasteiger partial charge in [0.2, 0.25) is 0 Å². The minimum absolute atomic E-state index is 0.298. The van der Waals surface area contributed by atoms with Crippen molar-refractivity contribution < 1.29 is 40.7 Å². The van der Waals surface area contributed by atoms with Crippen LogP contribution in [0.2, 0.25) is 0 Å². The maximum atomic E-state index is 11.8. The summed E-state index contributed by atoms with van der Waals surface area (Å²) in [6.45, 7) is 0. The van der Waals surface area contributed by atoms with E-state index in [-0.39, 0.29) is 5.82 Å². The Morgan fingerprint density at radius 2 is 1.31 bits per heavy atom. The molecule has 0 radical (unpaired) electrons. The van der Waals surface area contributed by atoms with Gasteiger partial charge >= 0.3 is 19.9 Å². The van der Waals surface area contributed by atoms with Gasteiger partial charge in [0.1, 0.15) is 0 Å². The summed E-state index contributed by atoms with van der Waals surface area (Å²) in [5, 5.41) is 0. The monoisotopic (exact) mass is 272 g/mol. The lowest BCUT2D eigenvalue weighted by Gasteiger charge is -2.13. The van der Waals surface area contributed by atoms with Crippen molar-refractivity contribution in [1.29, 1.82) is 0 Å². The molecule has 0 bridgehead atoms. The molecule has 0 aliphatic rings. The van der Waals surface area contributed by atoms with E-state index in [1.807, 2.05) is 0 Å². The molecule has 0 unspecified atom stereocenters. The van der Waals surface area contributed by atoms with Crippen LogP contribution in [0.15, 0.2) is 11.4 Å². The maximum Gasteiger partial charge on any atom is 0.392 e. The standard InChI is InChI=1S/C6H7F6O3P/c7-5(8,9)1-4(2-6(10,11)12)3-16(13,14)15/h3H,1-2H2,(H2,13,14,15). The van der Waals surface area contributed by atoms with Gasteiger partial charge in [-0.15, -0.1) is 0 Å².